The lowest BCUT2D eigenvalue weighted by molar-refractivity contribution is 0.0992. The highest BCUT2D eigenvalue weighted by Crippen LogP contribution is 2.18. The zero-order valence-electron chi connectivity index (χ0n) is 6.89. The summed E-state index contributed by atoms with van der Waals surface area (Å²) in [5.74, 6) is 0.259. The maximum absolute atomic E-state index is 11.2. The van der Waals surface area contributed by atoms with Gasteiger partial charge in [-0.2, -0.15) is 0 Å². The van der Waals surface area contributed by atoms with Crippen LogP contribution in [0.4, 0.5) is 0 Å². The van der Waals surface area contributed by atoms with Crippen LogP contribution >= 0.6 is 11.3 Å². The summed E-state index contributed by atoms with van der Waals surface area (Å²) in [6.07, 6.45) is 1.64. The molecular formula is C9H12OS. The Hall–Kier alpha value is -0.630. The summed E-state index contributed by atoms with van der Waals surface area (Å²) in [7, 11) is 0. The molecule has 0 radical (unpaired) electrons. The first-order valence-electron chi connectivity index (χ1n) is 3.89. The van der Waals surface area contributed by atoms with Crippen LogP contribution in [0.3, 0.4) is 0 Å². The summed E-state index contributed by atoms with van der Waals surface area (Å²) in [6.45, 7) is 4.00. The smallest absolute Gasteiger partial charge is 0.172 e. The average molecular weight is 168 g/mol. The van der Waals surface area contributed by atoms with E-state index < -0.39 is 0 Å². The molecule has 1 nitrogen and oxygen atoms in total. The fraction of sp³-hybridized carbons (Fsp3) is 0.444. The van der Waals surface area contributed by atoms with Crippen molar-refractivity contribution >= 4 is 17.1 Å². The Morgan fingerprint density at radius 1 is 1.45 bits per heavy atom. The van der Waals surface area contributed by atoms with Crippen molar-refractivity contribution in [3.63, 3.8) is 0 Å². The minimum absolute atomic E-state index is 0.259. The fourth-order valence-electron chi connectivity index (χ4n) is 0.892. The van der Waals surface area contributed by atoms with Gasteiger partial charge >= 0.3 is 0 Å². The van der Waals surface area contributed by atoms with E-state index in [1.807, 2.05) is 19.1 Å². The van der Waals surface area contributed by atoms with Crippen LogP contribution in [-0.2, 0) is 6.42 Å². The molecule has 0 aliphatic rings. The molecule has 0 saturated heterocycles. The summed E-state index contributed by atoms with van der Waals surface area (Å²) < 4.78 is 0. The van der Waals surface area contributed by atoms with Crippen molar-refractivity contribution < 1.29 is 4.79 Å². The largest absolute Gasteiger partial charge is 0.293 e. The number of rotatable bonds is 3. The first-order valence-corrected chi connectivity index (χ1v) is 4.71. The molecule has 0 unspecified atom stereocenters. The van der Waals surface area contributed by atoms with E-state index in [0.29, 0.717) is 6.42 Å². The first kappa shape index (κ1) is 8.47. The van der Waals surface area contributed by atoms with Crippen LogP contribution in [0.15, 0.2) is 12.1 Å². The van der Waals surface area contributed by atoms with Gasteiger partial charge < -0.3 is 0 Å². The van der Waals surface area contributed by atoms with Gasteiger partial charge in [0.15, 0.2) is 5.78 Å². The normalized spacial score (nSPS) is 10.0. The molecule has 1 aromatic heterocycles. The summed E-state index contributed by atoms with van der Waals surface area (Å²) >= 11 is 1.62. The van der Waals surface area contributed by atoms with Crippen LogP contribution in [0.25, 0.3) is 0 Å². The van der Waals surface area contributed by atoms with E-state index in [0.717, 1.165) is 11.3 Å². The SMILES string of the molecule is CCC(=O)c1ccc(CC)s1. The lowest BCUT2D eigenvalue weighted by atomic mass is 10.2. The molecule has 1 rings (SSSR count). The Labute approximate surface area is 71.1 Å². The van der Waals surface area contributed by atoms with Crippen LogP contribution < -0.4 is 0 Å². The molecule has 1 heterocycles. The molecule has 1 aromatic rings. The molecule has 0 spiro atoms. The monoisotopic (exact) mass is 168 g/mol. The third-order valence-electron chi connectivity index (χ3n) is 1.61. The fourth-order valence-corrected chi connectivity index (χ4v) is 1.85. The van der Waals surface area contributed by atoms with E-state index in [1.165, 1.54) is 4.88 Å². The summed E-state index contributed by atoms with van der Waals surface area (Å²) in [5, 5.41) is 0. The molecule has 2 heteroatoms. The zero-order valence-corrected chi connectivity index (χ0v) is 7.70. The van der Waals surface area contributed by atoms with E-state index >= 15 is 0 Å². The number of hydrogen-bond donors (Lipinski definition) is 0. The second kappa shape index (κ2) is 3.67. The van der Waals surface area contributed by atoms with Gasteiger partial charge in [0.2, 0.25) is 0 Å². The van der Waals surface area contributed by atoms with Gasteiger partial charge in [-0.05, 0) is 18.6 Å². The van der Waals surface area contributed by atoms with Crippen LogP contribution in [0, 0.1) is 0 Å². The highest BCUT2D eigenvalue weighted by Gasteiger charge is 2.04. The van der Waals surface area contributed by atoms with Gasteiger partial charge in [0, 0.05) is 11.3 Å². The summed E-state index contributed by atoms with van der Waals surface area (Å²) in [5.41, 5.74) is 0. The van der Waals surface area contributed by atoms with Crippen molar-refractivity contribution in [2.45, 2.75) is 26.7 Å². The van der Waals surface area contributed by atoms with E-state index in [1.54, 1.807) is 11.3 Å². The summed E-state index contributed by atoms with van der Waals surface area (Å²) in [6, 6.07) is 3.96. The molecule has 0 amide bonds. The van der Waals surface area contributed by atoms with E-state index in [-0.39, 0.29) is 5.78 Å². The predicted molar refractivity (Wildman–Crippen MR) is 48.3 cm³/mol. The molecule has 0 saturated carbocycles. The molecule has 0 fully saturated rings. The van der Waals surface area contributed by atoms with Crippen LogP contribution in [-0.4, -0.2) is 5.78 Å². The van der Waals surface area contributed by atoms with Gasteiger partial charge in [0.25, 0.3) is 0 Å². The van der Waals surface area contributed by atoms with Gasteiger partial charge in [-0.25, -0.2) is 0 Å². The molecule has 0 atom stereocenters. The van der Waals surface area contributed by atoms with Crippen molar-refractivity contribution in [3.8, 4) is 0 Å². The van der Waals surface area contributed by atoms with Crippen LogP contribution in [0.2, 0.25) is 0 Å². The van der Waals surface area contributed by atoms with E-state index in [4.69, 9.17) is 0 Å². The molecule has 11 heavy (non-hydrogen) atoms. The Bertz CT molecular complexity index is 250. The minimum Gasteiger partial charge on any atom is -0.293 e. The molecular weight excluding hydrogens is 156 g/mol. The minimum atomic E-state index is 0.259. The first-order chi connectivity index (χ1) is 5.27. The number of carbonyl (C=O) groups excluding carboxylic acids is 1. The van der Waals surface area contributed by atoms with Crippen LogP contribution in [0.1, 0.15) is 34.8 Å². The number of thiophene rings is 1. The van der Waals surface area contributed by atoms with Gasteiger partial charge in [0.05, 0.1) is 4.88 Å². The Morgan fingerprint density at radius 2 is 2.18 bits per heavy atom. The molecule has 0 aromatic carbocycles. The van der Waals surface area contributed by atoms with E-state index in [9.17, 15) is 4.79 Å². The second-order valence-corrected chi connectivity index (χ2v) is 3.56. The molecule has 0 bridgehead atoms. The third kappa shape index (κ3) is 1.90. The van der Waals surface area contributed by atoms with Gasteiger partial charge in [-0.3, -0.25) is 4.79 Å². The lowest BCUT2D eigenvalue weighted by Gasteiger charge is -1.88. The molecule has 0 aliphatic heterocycles. The van der Waals surface area contributed by atoms with Crippen molar-refractivity contribution in [3.05, 3.63) is 21.9 Å². The van der Waals surface area contributed by atoms with Crippen molar-refractivity contribution in [1.82, 2.24) is 0 Å². The molecule has 0 N–H and O–H groups in total. The number of ketones is 1. The highest BCUT2D eigenvalue weighted by molar-refractivity contribution is 7.14. The maximum atomic E-state index is 11.2. The summed E-state index contributed by atoms with van der Waals surface area (Å²) in [4.78, 5) is 13.4. The second-order valence-electron chi connectivity index (χ2n) is 2.40. The van der Waals surface area contributed by atoms with Crippen molar-refractivity contribution in [2.24, 2.45) is 0 Å². The van der Waals surface area contributed by atoms with Crippen molar-refractivity contribution in [1.29, 1.82) is 0 Å². The zero-order chi connectivity index (χ0) is 8.27. The number of hydrogen-bond acceptors (Lipinski definition) is 2. The number of aryl methyl sites for hydroxylation is 1. The quantitative estimate of drug-likeness (QED) is 0.634. The Balaban J connectivity index is 2.80. The average Bonchev–Trinajstić information content (AvgIpc) is 2.50. The third-order valence-corrected chi connectivity index (χ3v) is 2.88. The molecule has 60 valence electrons. The highest BCUT2D eigenvalue weighted by atomic mass is 32.1. The van der Waals surface area contributed by atoms with Crippen molar-refractivity contribution in [2.75, 3.05) is 0 Å². The Kier molecular flexibility index (Phi) is 2.83. The van der Waals surface area contributed by atoms with Gasteiger partial charge in [-0.15, -0.1) is 11.3 Å². The number of Topliss-reactive ketones (excluding diaryl/α,β-unsaturated/α-hetero) is 1. The van der Waals surface area contributed by atoms with E-state index in [2.05, 4.69) is 6.92 Å². The van der Waals surface area contributed by atoms with Gasteiger partial charge in [0.1, 0.15) is 0 Å². The van der Waals surface area contributed by atoms with Gasteiger partial charge in [-0.1, -0.05) is 13.8 Å². The Morgan fingerprint density at radius 3 is 2.64 bits per heavy atom. The standard InChI is InChI=1S/C9H12OS/c1-3-7-5-6-9(11-7)8(10)4-2/h5-6H,3-4H2,1-2H3. The maximum Gasteiger partial charge on any atom is 0.172 e. The van der Waals surface area contributed by atoms with Crippen LogP contribution in [0.5, 0.6) is 0 Å². The lowest BCUT2D eigenvalue weighted by Crippen LogP contribution is -1.90. The topological polar surface area (TPSA) is 17.1 Å². The number of carbonyl (C=O) groups is 1. The molecule has 0 aliphatic carbocycles. The predicted octanol–water partition coefficient (Wildman–Crippen LogP) is 2.90.